The standard InChI is InChI=1S/C14H24N2O2S/c1-4-16-19(17,18)14-9-7-13(8-10-14)6-5-11-15-12(2)3/h7-10,12,15-16H,4-6,11H2,1-3H3. The largest absolute Gasteiger partial charge is 0.315 e. The molecule has 0 heterocycles. The Morgan fingerprint density at radius 2 is 1.79 bits per heavy atom. The summed E-state index contributed by atoms with van der Waals surface area (Å²) in [6, 6.07) is 7.62. The Balaban J connectivity index is 2.52. The van der Waals surface area contributed by atoms with Gasteiger partial charge in [-0.15, -0.1) is 0 Å². The SMILES string of the molecule is CCNS(=O)(=O)c1ccc(CCCNC(C)C)cc1. The second-order valence-corrected chi connectivity index (χ2v) is 6.62. The van der Waals surface area contributed by atoms with Gasteiger partial charge in [0.1, 0.15) is 0 Å². The van der Waals surface area contributed by atoms with E-state index in [1.165, 1.54) is 5.56 Å². The molecule has 0 radical (unpaired) electrons. The lowest BCUT2D eigenvalue weighted by atomic mass is 10.1. The maximum absolute atomic E-state index is 11.8. The predicted octanol–water partition coefficient (Wildman–Crippen LogP) is 1.92. The molecule has 0 bridgehead atoms. The third kappa shape index (κ3) is 5.72. The minimum absolute atomic E-state index is 0.332. The molecule has 0 saturated heterocycles. The van der Waals surface area contributed by atoms with E-state index >= 15 is 0 Å². The average molecular weight is 284 g/mol. The molecule has 0 aliphatic rings. The highest BCUT2D eigenvalue weighted by molar-refractivity contribution is 7.89. The molecule has 108 valence electrons. The van der Waals surface area contributed by atoms with Crippen LogP contribution in [-0.2, 0) is 16.4 Å². The zero-order chi connectivity index (χ0) is 14.3. The summed E-state index contributed by atoms with van der Waals surface area (Å²) in [6.45, 7) is 7.41. The summed E-state index contributed by atoms with van der Waals surface area (Å²) in [5.74, 6) is 0. The van der Waals surface area contributed by atoms with Gasteiger partial charge in [0, 0.05) is 12.6 Å². The molecular formula is C14H24N2O2S. The molecule has 2 N–H and O–H groups in total. The van der Waals surface area contributed by atoms with Crippen molar-refractivity contribution in [3.05, 3.63) is 29.8 Å². The van der Waals surface area contributed by atoms with E-state index in [1.54, 1.807) is 19.1 Å². The third-order valence-corrected chi connectivity index (χ3v) is 4.32. The fourth-order valence-corrected chi connectivity index (χ4v) is 2.83. The molecule has 0 fully saturated rings. The number of sulfonamides is 1. The summed E-state index contributed by atoms with van der Waals surface area (Å²) < 4.78 is 26.0. The molecule has 0 amide bonds. The van der Waals surface area contributed by atoms with Crippen LogP contribution in [0.15, 0.2) is 29.2 Å². The van der Waals surface area contributed by atoms with Gasteiger partial charge in [-0.3, -0.25) is 0 Å². The number of aryl methyl sites for hydroxylation is 1. The highest BCUT2D eigenvalue weighted by atomic mass is 32.2. The molecule has 1 aromatic rings. The summed E-state index contributed by atoms with van der Waals surface area (Å²) in [4.78, 5) is 0.332. The second kappa shape index (κ2) is 7.62. The van der Waals surface area contributed by atoms with Crippen molar-refractivity contribution in [2.45, 2.75) is 44.6 Å². The van der Waals surface area contributed by atoms with Crippen LogP contribution in [0.1, 0.15) is 32.8 Å². The van der Waals surface area contributed by atoms with Crippen molar-refractivity contribution in [2.75, 3.05) is 13.1 Å². The van der Waals surface area contributed by atoms with Crippen LogP contribution >= 0.6 is 0 Å². The Labute approximate surface area is 116 Å². The van der Waals surface area contributed by atoms with Gasteiger partial charge in [0.05, 0.1) is 4.90 Å². The predicted molar refractivity (Wildman–Crippen MR) is 78.8 cm³/mol. The van der Waals surface area contributed by atoms with Crippen LogP contribution in [0.3, 0.4) is 0 Å². The number of hydrogen-bond donors (Lipinski definition) is 2. The van der Waals surface area contributed by atoms with Crippen LogP contribution in [0, 0.1) is 0 Å². The summed E-state index contributed by atoms with van der Waals surface area (Å²) in [6.07, 6.45) is 2.01. The van der Waals surface area contributed by atoms with E-state index in [0.29, 0.717) is 17.5 Å². The molecule has 1 aromatic carbocycles. The van der Waals surface area contributed by atoms with E-state index in [1.807, 2.05) is 12.1 Å². The molecular weight excluding hydrogens is 260 g/mol. The van der Waals surface area contributed by atoms with Gasteiger partial charge >= 0.3 is 0 Å². The Hall–Kier alpha value is -0.910. The van der Waals surface area contributed by atoms with Gasteiger partial charge in [-0.2, -0.15) is 0 Å². The van der Waals surface area contributed by atoms with Gasteiger partial charge in [-0.05, 0) is 37.1 Å². The molecule has 4 nitrogen and oxygen atoms in total. The lowest BCUT2D eigenvalue weighted by molar-refractivity contribution is 0.570. The Kier molecular flexibility index (Phi) is 6.48. The molecule has 5 heteroatoms. The first-order valence-electron chi connectivity index (χ1n) is 6.77. The van der Waals surface area contributed by atoms with Crippen molar-refractivity contribution in [3.63, 3.8) is 0 Å². The maximum Gasteiger partial charge on any atom is 0.240 e. The van der Waals surface area contributed by atoms with Gasteiger partial charge in [0.2, 0.25) is 10.0 Å². The molecule has 19 heavy (non-hydrogen) atoms. The minimum Gasteiger partial charge on any atom is -0.315 e. The van der Waals surface area contributed by atoms with Crippen LogP contribution < -0.4 is 10.0 Å². The van der Waals surface area contributed by atoms with Gasteiger partial charge < -0.3 is 5.32 Å². The van der Waals surface area contributed by atoms with E-state index in [0.717, 1.165) is 19.4 Å². The van der Waals surface area contributed by atoms with Gasteiger partial charge in [-0.1, -0.05) is 32.9 Å². The quantitative estimate of drug-likeness (QED) is 0.717. The van der Waals surface area contributed by atoms with Crippen molar-refractivity contribution in [1.29, 1.82) is 0 Å². The van der Waals surface area contributed by atoms with E-state index in [9.17, 15) is 8.42 Å². The Morgan fingerprint density at radius 1 is 1.16 bits per heavy atom. The van der Waals surface area contributed by atoms with Crippen LogP contribution in [0.5, 0.6) is 0 Å². The van der Waals surface area contributed by atoms with Crippen molar-refractivity contribution in [3.8, 4) is 0 Å². The van der Waals surface area contributed by atoms with Crippen LogP contribution in [0.25, 0.3) is 0 Å². The summed E-state index contributed by atoms with van der Waals surface area (Å²) in [5, 5.41) is 3.36. The van der Waals surface area contributed by atoms with Crippen molar-refractivity contribution in [2.24, 2.45) is 0 Å². The first kappa shape index (κ1) is 16.1. The highest BCUT2D eigenvalue weighted by Gasteiger charge is 2.11. The lowest BCUT2D eigenvalue weighted by Crippen LogP contribution is -2.24. The number of hydrogen-bond acceptors (Lipinski definition) is 3. The van der Waals surface area contributed by atoms with Gasteiger partial charge in [0.15, 0.2) is 0 Å². The van der Waals surface area contributed by atoms with Crippen LogP contribution in [0.2, 0.25) is 0 Å². The van der Waals surface area contributed by atoms with Crippen LogP contribution in [0.4, 0.5) is 0 Å². The monoisotopic (exact) mass is 284 g/mol. The van der Waals surface area contributed by atoms with E-state index in [-0.39, 0.29) is 0 Å². The third-order valence-electron chi connectivity index (χ3n) is 2.76. The summed E-state index contributed by atoms with van der Waals surface area (Å²) in [7, 11) is -3.33. The average Bonchev–Trinajstić information content (AvgIpc) is 2.35. The second-order valence-electron chi connectivity index (χ2n) is 4.86. The minimum atomic E-state index is -3.33. The molecule has 0 spiro atoms. The number of nitrogens with one attached hydrogen (secondary N) is 2. The van der Waals surface area contributed by atoms with Gasteiger partial charge in [0.25, 0.3) is 0 Å². The molecule has 0 saturated carbocycles. The summed E-state index contributed by atoms with van der Waals surface area (Å²) in [5.41, 5.74) is 1.17. The highest BCUT2D eigenvalue weighted by Crippen LogP contribution is 2.11. The zero-order valence-electron chi connectivity index (χ0n) is 11.9. The number of benzene rings is 1. The first-order chi connectivity index (χ1) is 8.95. The molecule has 0 aliphatic heterocycles. The molecule has 1 rings (SSSR count). The molecule has 0 atom stereocenters. The zero-order valence-corrected chi connectivity index (χ0v) is 12.8. The Bertz CT molecular complexity index is 467. The lowest BCUT2D eigenvalue weighted by Gasteiger charge is -2.08. The topological polar surface area (TPSA) is 58.2 Å². The number of rotatable bonds is 8. The fraction of sp³-hybridized carbons (Fsp3) is 0.571. The van der Waals surface area contributed by atoms with E-state index in [4.69, 9.17) is 0 Å². The van der Waals surface area contributed by atoms with Crippen molar-refractivity contribution in [1.82, 2.24) is 10.0 Å². The molecule has 0 aromatic heterocycles. The molecule has 0 aliphatic carbocycles. The first-order valence-corrected chi connectivity index (χ1v) is 8.26. The maximum atomic E-state index is 11.8. The molecule has 0 unspecified atom stereocenters. The van der Waals surface area contributed by atoms with Crippen LogP contribution in [-0.4, -0.2) is 27.5 Å². The van der Waals surface area contributed by atoms with Crippen molar-refractivity contribution >= 4 is 10.0 Å². The van der Waals surface area contributed by atoms with E-state index in [2.05, 4.69) is 23.9 Å². The van der Waals surface area contributed by atoms with Gasteiger partial charge in [-0.25, -0.2) is 13.1 Å². The summed E-state index contributed by atoms with van der Waals surface area (Å²) >= 11 is 0. The smallest absolute Gasteiger partial charge is 0.240 e. The fourth-order valence-electron chi connectivity index (χ4n) is 1.79. The Morgan fingerprint density at radius 3 is 2.32 bits per heavy atom. The van der Waals surface area contributed by atoms with E-state index < -0.39 is 10.0 Å². The normalized spacial score (nSPS) is 12.0. The van der Waals surface area contributed by atoms with Crippen molar-refractivity contribution < 1.29 is 8.42 Å².